The summed E-state index contributed by atoms with van der Waals surface area (Å²) in [5.74, 6) is -0.934. The van der Waals surface area contributed by atoms with Crippen LogP contribution in [0.15, 0.2) is 48.5 Å². The van der Waals surface area contributed by atoms with Gasteiger partial charge in [-0.3, -0.25) is 9.89 Å². The number of ether oxygens (including phenoxy) is 1. The van der Waals surface area contributed by atoms with Crippen LogP contribution in [0.25, 0.3) is 11.3 Å². The van der Waals surface area contributed by atoms with Crippen molar-refractivity contribution in [3.8, 4) is 17.0 Å². The third kappa shape index (κ3) is 4.53. The number of aromatic nitrogens is 2. The van der Waals surface area contributed by atoms with Crippen molar-refractivity contribution in [3.05, 3.63) is 65.4 Å². The highest BCUT2D eigenvalue weighted by atomic mass is 19.4. The van der Waals surface area contributed by atoms with Crippen molar-refractivity contribution >= 4 is 11.6 Å². The van der Waals surface area contributed by atoms with Crippen molar-refractivity contribution < 1.29 is 31.5 Å². The number of hydrogen-bond donors (Lipinski definition) is 2. The lowest BCUT2D eigenvalue weighted by atomic mass is 10.0. The van der Waals surface area contributed by atoms with E-state index < -0.39 is 24.3 Å². The van der Waals surface area contributed by atoms with E-state index in [1.54, 1.807) is 6.07 Å². The Morgan fingerprint density at radius 3 is 2.55 bits per heavy atom. The zero-order chi connectivity index (χ0) is 21.2. The molecule has 0 saturated carbocycles. The molecule has 29 heavy (non-hydrogen) atoms. The zero-order valence-corrected chi connectivity index (χ0v) is 14.8. The molecule has 0 fully saturated rings. The maximum Gasteiger partial charge on any atom is 0.416 e. The molecule has 1 aromatic heterocycles. The van der Waals surface area contributed by atoms with Crippen LogP contribution < -0.4 is 10.1 Å². The topological polar surface area (TPSA) is 67.0 Å². The second-order valence-corrected chi connectivity index (χ2v) is 5.97. The van der Waals surface area contributed by atoms with Crippen molar-refractivity contribution in [2.45, 2.75) is 19.7 Å². The number of H-pyrrole nitrogens is 1. The summed E-state index contributed by atoms with van der Waals surface area (Å²) in [6, 6.07) is 9.91. The third-order valence-corrected chi connectivity index (χ3v) is 3.99. The molecule has 0 saturated heterocycles. The molecule has 0 aliphatic rings. The number of rotatable bonds is 5. The number of nitrogens with zero attached hydrogens (tertiary/aromatic N) is 1. The summed E-state index contributed by atoms with van der Waals surface area (Å²) < 4.78 is 68.5. The summed E-state index contributed by atoms with van der Waals surface area (Å²) in [6.07, 6.45) is -4.57. The van der Waals surface area contributed by atoms with E-state index in [2.05, 4.69) is 20.3 Å². The van der Waals surface area contributed by atoms with E-state index in [1.165, 1.54) is 31.2 Å². The first-order valence-corrected chi connectivity index (χ1v) is 8.24. The van der Waals surface area contributed by atoms with Crippen LogP contribution >= 0.6 is 0 Å². The summed E-state index contributed by atoms with van der Waals surface area (Å²) in [6.45, 7) is -1.58. The molecule has 3 aromatic rings. The van der Waals surface area contributed by atoms with E-state index in [-0.39, 0.29) is 34.0 Å². The van der Waals surface area contributed by atoms with Crippen LogP contribution in [0.1, 0.15) is 21.6 Å². The van der Waals surface area contributed by atoms with Gasteiger partial charge in [-0.25, -0.2) is 0 Å². The number of carbonyl (C=O) groups excluding carboxylic acids is 1. The second kappa shape index (κ2) is 7.90. The molecular formula is C19H14F5N3O2. The van der Waals surface area contributed by atoms with Crippen LogP contribution in [-0.2, 0) is 6.18 Å². The first-order valence-electron chi connectivity index (χ1n) is 8.24. The van der Waals surface area contributed by atoms with Gasteiger partial charge in [0.1, 0.15) is 5.75 Å². The maximum absolute atomic E-state index is 12.9. The Bertz CT molecular complexity index is 1030. The smallest absolute Gasteiger partial charge is 0.416 e. The van der Waals surface area contributed by atoms with Gasteiger partial charge in [-0.2, -0.15) is 27.1 Å². The van der Waals surface area contributed by atoms with Crippen LogP contribution in [0.5, 0.6) is 5.75 Å². The molecule has 0 bridgehead atoms. The fourth-order valence-corrected chi connectivity index (χ4v) is 2.74. The van der Waals surface area contributed by atoms with Gasteiger partial charge in [0.2, 0.25) is 0 Å². The number of benzene rings is 2. The molecule has 2 aromatic carbocycles. The number of anilines is 1. The quantitative estimate of drug-likeness (QED) is 0.563. The van der Waals surface area contributed by atoms with Crippen molar-refractivity contribution in [2.24, 2.45) is 0 Å². The summed E-state index contributed by atoms with van der Waals surface area (Å²) >= 11 is 0. The van der Waals surface area contributed by atoms with Gasteiger partial charge in [0.15, 0.2) is 0 Å². The van der Waals surface area contributed by atoms with E-state index >= 15 is 0 Å². The summed E-state index contributed by atoms with van der Waals surface area (Å²) in [5, 5.41) is 8.89. The minimum Gasteiger partial charge on any atom is -0.434 e. The second-order valence-electron chi connectivity index (χ2n) is 5.97. The van der Waals surface area contributed by atoms with Gasteiger partial charge in [-0.15, -0.1) is 0 Å². The lowest BCUT2D eigenvalue weighted by molar-refractivity contribution is -0.137. The molecule has 2 N–H and O–H groups in total. The van der Waals surface area contributed by atoms with Gasteiger partial charge < -0.3 is 10.1 Å². The Balaban J connectivity index is 1.96. The predicted octanol–water partition coefficient (Wildman–Crippen LogP) is 5.26. The first kappa shape index (κ1) is 20.3. The number of aromatic amines is 1. The molecule has 1 heterocycles. The number of para-hydroxylation sites is 1. The Labute approximate surface area is 161 Å². The Morgan fingerprint density at radius 1 is 1.14 bits per heavy atom. The van der Waals surface area contributed by atoms with Crippen LogP contribution in [0.4, 0.5) is 27.6 Å². The molecule has 0 spiro atoms. The lowest BCUT2D eigenvalue weighted by Crippen LogP contribution is -2.15. The molecule has 0 radical (unpaired) electrons. The van der Waals surface area contributed by atoms with Crippen LogP contribution in [-0.4, -0.2) is 22.7 Å². The Kier molecular flexibility index (Phi) is 5.53. The minimum absolute atomic E-state index is 0.00673. The van der Waals surface area contributed by atoms with Gasteiger partial charge in [-0.1, -0.05) is 18.2 Å². The molecule has 0 unspecified atom stereocenters. The summed E-state index contributed by atoms with van der Waals surface area (Å²) in [4.78, 5) is 12.7. The van der Waals surface area contributed by atoms with Crippen LogP contribution in [0.2, 0.25) is 0 Å². The van der Waals surface area contributed by atoms with E-state index in [9.17, 15) is 26.7 Å². The maximum atomic E-state index is 12.9. The highest BCUT2D eigenvalue weighted by Gasteiger charge is 2.30. The normalized spacial score (nSPS) is 11.6. The van der Waals surface area contributed by atoms with Gasteiger partial charge in [-0.05, 0) is 37.3 Å². The molecular weight excluding hydrogens is 397 g/mol. The number of halogens is 5. The number of nitrogens with one attached hydrogen (secondary N) is 2. The largest absolute Gasteiger partial charge is 0.434 e. The monoisotopic (exact) mass is 411 g/mol. The number of amides is 1. The van der Waals surface area contributed by atoms with E-state index in [0.717, 1.165) is 18.2 Å². The van der Waals surface area contributed by atoms with Crippen molar-refractivity contribution in [1.29, 1.82) is 0 Å². The highest BCUT2D eigenvalue weighted by Crippen LogP contribution is 2.34. The number of carbonyl (C=O) groups is 1. The fraction of sp³-hybridized carbons (Fsp3) is 0.158. The number of hydrogen-bond acceptors (Lipinski definition) is 3. The first-order chi connectivity index (χ1) is 13.7. The Hall–Kier alpha value is -3.43. The fourth-order valence-electron chi connectivity index (χ4n) is 2.74. The van der Waals surface area contributed by atoms with Gasteiger partial charge in [0, 0.05) is 11.3 Å². The van der Waals surface area contributed by atoms with E-state index in [4.69, 9.17) is 0 Å². The SMILES string of the molecule is Cc1n[nH]c(-c2ccccc2OC(F)F)c1C(=O)Nc1cccc(C(F)(F)F)c1. The van der Waals surface area contributed by atoms with Crippen molar-refractivity contribution in [1.82, 2.24) is 10.2 Å². The Morgan fingerprint density at radius 2 is 1.86 bits per heavy atom. The molecule has 10 heteroatoms. The minimum atomic E-state index is -4.57. The predicted molar refractivity (Wildman–Crippen MR) is 94.8 cm³/mol. The van der Waals surface area contributed by atoms with Crippen LogP contribution in [0, 0.1) is 6.92 Å². The van der Waals surface area contributed by atoms with Crippen molar-refractivity contribution in [3.63, 3.8) is 0 Å². The van der Waals surface area contributed by atoms with Crippen LogP contribution in [0.3, 0.4) is 0 Å². The molecule has 3 rings (SSSR count). The zero-order valence-electron chi connectivity index (χ0n) is 14.8. The number of aryl methyl sites for hydroxylation is 1. The van der Waals surface area contributed by atoms with E-state index in [0.29, 0.717) is 0 Å². The third-order valence-electron chi connectivity index (χ3n) is 3.99. The highest BCUT2D eigenvalue weighted by molar-refractivity contribution is 6.09. The molecule has 152 valence electrons. The lowest BCUT2D eigenvalue weighted by Gasteiger charge is -2.12. The molecule has 0 aliphatic heterocycles. The van der Waals surface area contributed by atoms with Gasteiger partial charge >= 0.3 is 12.8 Å². The molecule has 0 atom stereocenters. The average molecular weight is 411 g/mol. The number of alkyl halides is 5. The summed E-state index contributed by atoms with van der Waals surface area (Å²) in [5.41, 5.74) is -0.515. The van der Waals surface area contributed by atoms with Crippen molar-refractivity contribution in [2.75, 3.05) is 5.32 Å². The average Bonchev–Trinajstić information content (AvgIpc) is 3.02. The van der Waals surface area contributed by atoms with Gasteiger partial charge in [0.05, 0.1) is 22.5 Å². The standard InChI is InChI=1S/C19H14F5N3O2/c1-10-15(17(28)25-12-6-4-5-11(9-12)19(22,23)24)16(27-26-10)13-7-2-3-8-14(13)29-18(20)21/h2-9,18H,1H3,(H,25,28)(H,26,27). The van der Waals surface area contributed by atoms with Gasteiger partial charge in [0.25, 0.3) is 5.91 Å². The molecule has 5 nitrogen and oxygen atoms in total. The van der Waals surface area contributed by atoms with E-state index in [1.807, 2.05) is 0 Å². The summed E-state index contributed by atoms with van der Waals surface area (Å²) in [7, 11) is 0. The molecule has 1 amide bonds. The molecule has 0 aliphatic carbocycles.